The minimum absolute atomic E-state index is 0.369. The lowest BCUT2D eigenvalue weighted by Crippen LogP contribution is -2.00. The molecule has 1 aromatic heterocycles. The van der Waals surface area contributed by atoms with Gasteiger partial charge in [0.1, 0.15) is 11.2 Å². The lowest BCUT2D eigenvalue weighted by Gasteiger charge is -2.22. The number of rotatable bonds is 3. The zero-order valence-corrected chi connectivity index (χ0v) is 23.6. The minimum Gasteiger partial charge on any atom is -0.456 e. The van der Waals surface area contributed by atoms with Gasteiger partial charge in [0.05, 0.1) is 0 Å². The summed E-state index contributed by atoms with van der Waals surface area (Å²) in [5.74, 6) is 0.369. The number of furan rings is 1. The second-order valence-corrected chi connectivity index (χ2v) is 11.6. The van der Waals surface area contributed by atoms with Crippen molar-refractivity contribution in [1.29, 1.82) is 0 Å². The van der Waals surface area contributed by atoms with Crippen LogP contribution in [0.15, 0.2) is 156 Å². The number of fused-ring (bicyclic) bond motifs is 6. The molecule has 7 aromatic carbocycles. The molecule has 0 amide bonds. The first kappa shape index (κ1) is 24.2. The Morgan fingerprint density at radius 1 is 0.465 bits per heavy atom. The Bertz CT molecular complexity index is 2360. The van der Waals surface area contributed by atoms with E-state index < -0.39 is 0 Å². The molecule has 1 heterocycles. The molecule has 1 aliphatic carbocycles. The van der Waals surface area contributed by atoms with Crippen LogP contribution in [0.2, 0.25) is 0 Å². The van der Waals surface area contributed by atoms with Gasteiger partial charge in [0.15, 0.2) is 0 Å². The van der Waals surface area contributed by atoms with Gasteiger partial charge in [-0.3, -0.25) is 0 Å². The number of hydrogen-bond donors (Lipinski definition) is 0. The third-order valence-corrected chi connectivity index (χ3v) is 9.15. The molecule has 0 saturated heterocycles. The van der Waals surface area contributed by atoms with Crippen molar-refractivity contribution >= 4 is 54.3 Å². The van der Waals surface area contributed by atoms with Gasteiger partial charge >= 0.3 is 0 Å². The van der Waals surface area contributed by atoms with Crippen LogP contribution in [0.5, 0.6) is 0 Å². The topological polar surface area (TPSA) is 13.1 Å². The SMILES string of the molecule is C1=CCC(c2c3ccccc3c(-c3ccc4cc5oc6ccc(-c7ccccc7)cc6c5cc4c3)c3ccccc23)C=C1. The van der Waals surface area contributed by atoms with Gasteiger partial charge in [0.2, 0.25) is 0 Å². The van der Waals surface area contributed by atoms with Crippen molar-refractivity contribution in [1.82, 2.24) is 0 Å². The molecular formula is C42H28O. The van der Waals surface area contributed by atoms with E-state index in [9.17, 15) is 0 Å². The highest BCUT2D eigenvalue weighted by molar-refractivity contribution is 6.17. The molecule has 0 fully saturated rings. The zero-order valence-electron chi connectivity index (χ0n) is 23.6. The Morgan fingerprint density at radius 3 is 1.91 bits per heavy atom. The maximum Gasteiger partial charge on any atom is 0.136 e. The summed E-state index contributed by atoms with van der Waals surface area (Å²) in [4.78, 5) is 0. The van der Waals surface area contributed by atoms with Crippen molar-refractivity contribution in [3.8, 4) is 22.3 Å². The number of benzene rings is 7. The number of hydrogen-bond acceptors (Lipinski definition) is 1. The summed E-state index contributed by atoms with van der Waals surface area (Å²) >= 11 is 0. The Kier molecular flexibility index (Phi) is 5.39. The predicted octanol–water partition coefficient (Wildman–Crippen LogP) is 12.0. The molecular weight excluding hydrogens is 520 g/mol. The van der Waals surface area contributed by atoms with Crippen molar-refractivity contribution < 1.29 is 4.42 Å². The fourth-order valence-corrected chi connectivity index (χ4v) is 7.15. The van der Waals surface area contributed by atoms with Gasteiger partial charge in [0, 0.05) is 16.7 Å². The van der Waals surface area contributed by atoms with Gasteiger partial charge in [0.25, 0.3) is 0 Å². The Balaban J connectivity index is 1.28. The number of allylic oxidation sites excluding steroid dienone is 4. The first-order valence-electron chi connectivity index (χ1n) is 15.0. The second-order valence-electron chi connectivity index (χ2n) is 11.6. The maximum atomic E-state index is 6.34. The van der Waals surface area contributed by atoms with E-state index in [0.29, 0.717) is 5.92 Å². The molecule has 1 nitrogen and oxygen atoms in total. The van der Waals surface area contributed by atoms with E-state index in [1.165, 1.54) is 60.1 Å². The normalized spacial score (nSPS) is 14.9. The van der Waals surface area contributed by atoms with Crippen molar-refractivity contribution in [3.63, 3.8) is 0 Å². The summed E-state index contributed by atoms with van der Waals surface area (Å²) < 4.78 is 6.34. The van der Waals surface area contributed by atoms with E-state index in [4.69, 9.17) is 4.42 Å². The quantitative estimate of drug-likeness (QED) is 0.200. The highest BCUT2D eigenvalue weighted by Crippen LogP contribution is 2.44. The summed E-state index contributed by atoms with van der Waals surface area (Å²) in [6.45, 7) is 0. The fraction of sp³-hybridized carbons (Fsp3) is 0.0476. The van der Waals surface area contributed by atoms with E-state index in [1.54, 1.807) is 0 Å². The Hall–Kier alpha value is -5.40. The van der Waals surface area contributed by atoms with Gasteiger partial charge in [-0.1, -0.05) is 121 Å². The molecule has 1 atom stereocenters. The molecule has 1 aliphatic rings. The second kappa shape index (κ2) is 9.58. The van der Waals surface area contributed by atoms with Gasteiger partial charge in [-0.25, -0.2) is 0 Å². The largest absolute Gasteiger partial charge is 0.456 e. The minimum atomic E-state index is 0.369. The first-order valence-corrected chi connectivity index (χ1v) is 15.0. The zero-order chi connectivity index (χ0) is 28.3. The van der Waals surface area contributed by atoms with Crippen molar-refractivity contribution in [2.24, 2.45) is 0 Å². The third kappa shape index (κ3) is 3.86. The van der Waals surface area contributed by atoms with Gasteiger partial charge in [-0.05, 0) is 96.9 Å². The van der Waals surface area contributed by atoms with E-state index in [2.05, 4.69) is 152 Å². The van der Waals surface area contributed by atoms with Crippen LogP contribution in [-0.2, 0) is 0 Å². The van der Waals surface area contributed by atoms with Crippen molar-refractivity contribution in [3.05, 3.63) is 157 Å². The van der Waals surface area contributed by atoms with E-state index in [-0.39, 0.29) is 0 Å². The predicted molar refractivity (Wildman–Crippen MR) is 183 cm³/mol. The molecule has 9 rings (SSSR count). The smallest absolute Gasteiger partial charge is 0.136 e. The summed E-state index contributed by atoms with van der Waals surface area (Å²) in [5.41, 5.74) is 8.23. The van der Waals surface area contributed by atoms with E-state index in [1.807, 2.05) is 0 Å². The van der Waals surface area contributed by atoms with Gasteiger partial charge in [-0.15, -0.1) is 0 Å². The lowest BCUT2D eigenvalue weighted by atomic mass is 9.81. The fourth-order valence-electron chi connectivity index (χ4n) is 7.15. The highest BCUT2D eigenvalue weighted by atomic mass is 16.3. The monoisotopic (exact) mass is 548 g/mol. The summed E-state index contributed by atoms with van der Waals surface area (Å²) in [6, 6.07) is 46.4. The molecule has 0 saturated carbocycles. The molecule has 202 valence electrons. The first-order chi connectivity index (χ1) is 21.3. The third-order valence-electron chi connectivity index (χ3n) is 9.15. The van der Waals surface area contributed by atoms with E-state index >= 15 is 0 Å². The Morgan fingerprint density at radius 2 is 1.16 bits per heavy atom. The maximum absolute atomic E-state index is 6.34. The summed E-state index contributed by atoms with van der Waals surface area (Å²) in [7, 11) is 0. The van der Waals surface area contributed by atoms with Gasteiger partial charge in [-0.2, -0.15) is 0 Å². The molecule has 8 aromatic rings. The molecule has 43 heavy (non-hydrogen) atoms. The van der Waals surface area contributed by atoms with Crippen LogP contribution in [0.3, 0.4) is 0 Å². The molecule has 0 radical (unpaired) electrons. The van der Waals surface area contributed by atoms with Crippen LogP contribution < -0.4 is 0 Å². The van der Waals surface area contributed by atoms with Crippen LogP contribution in [0.25, 0.3) is 76.5 Å². The van der Waals surface area contributed by atoms with Crippen molar-refractivity contribution in [2.75, 3.05) is 0 Å². The molecule has 1 unspecified atom stereocenters. The lowest BCUT2D eigenvalue weighted by molar-refractivity contribution is 0.669. The molecule has 0 N–H and O–H groups in total. The van der Waals surface area contributed by atoms with Crippen LogP contribution in [-0.4, -0.2) is 0 Å². The average Bonchev–Trinajstić information content (AvgIpc) is 3.43. The highest BCUT2D eigenvalue weighted by Gasteiger charge is 2.20. The van der Waals surface area contributed by atoms with Crippen LogP contribution >= 0.6 is 0 Å². The van der Waals surface area contributed by atoms with Crippen molar-refractivity contribution in [2.45, 2.75) is 12.3 Å². The standard InChI is InChI=1S/C42H28O/c1-3-11-27(12-4-1)29-21-22-39-37(24-29)38-25-32-23-31(20-19-30(32)26-40(38)43-39)42-35-17-9-7-15-33(35)41(28-13-5-2-6-14-28)34-16-8-10-18-36(34)42/h1-13,15-26,28H,14H2. The molecule has 1 heteroatoms. The molecule has 0 bridgehead atoms. The van der Waals surface area contributed by atoms with Crippen LogP contribution in [0, 0.1) is 0 Å². The van der Waals surface area contributed by atoms with Crippen LogP contribution in [0.4, 0.5) is 0 Å². The summed E-state index contributed by atoms with van der Waals surface area (Å²) in [6.07, 6.45) is 10.0. The summed E-state index contributed by atoms with van der Waals surface area (Å²) in [5, 5.41) is 10.00. The molecule has 0 aliphatic heterocycles. The average molecular weight is 549 g/mol. The van der Waals surface area contributed by atoms with E-state index in [0.717, 1.165) is 28.4 Å². The molecule has 0 spiro atoms. The van der Waals surface area contributed by atoms with Crippen LogP contribution in [0.1, 0.15) is 17.9 Å². The van der Waals surface area contributed by atoms with Gasteiger partial charge < -0.3 is 4.42 Å². The Labute approximate surface area is 250 Å².